The van der Waals surface area contributed by atoms with Gasteiger partial charge in [0.05, 0.1) is 42.6 Å². The molecule has 0 radical (unpaired) electrons. The minimum atomic E-state index is -0.968. The molecule has 1 aromatic rings. The third-order valence-electron chi connectivity index (χ3n) is 10.4. The SMILES string of the molecule is C[C@H](C1O[C@@H](N2CNC3C(N)NCNC32)[C@H](O)[C@@H]1O)N(C)C1CC(CCC2Nc3ccc(C4CC4)cc3N2)C1. The Morgan fingerprint density at radius 3 is 2.67 bits per heavy atom. The Labute approximate surface area is 231 Å². The van der Waals surface area contributed by atoms with Crippen LogP contribution >= 0.6 is 0 Å². The van der Waals surface area contributed by atoms with Crippen molar-refractivity contribution in [2.24, 2.45) is 11.7 Å². The van der Waals surface area contributed by atoms with Gasteiger partial charge >= 0.3 is 0 Å². The molecule has 9 atom stereocenters. The Balaban J connectivity index is 0.880. The van der Waals surface area contributed by atoms with Crippen LogP contribution in [0.25, 0.3) is 0 Å². The van der Waals surface area contributed by atoms with Gasteiger partial charge < -0.3 is 31.3 Å². The molecular weight excluding hydrogens is 496 g/mol. The Kier molecular flexibility index (Phi) is 7.02. The van der Waals surface area contributed by atoms with Crippen LogP contribution < -0.4 is 32.3 Å². The van der Waals surface area contributed by atoms with Crippen molar-refractivity contribution in [2.45, 2.75) is 113 Å². The quantitative estimate of drug-likeness (QED) is 0.226. The largest absolute Gasteiger partial charge is 0.387 e. The van der Waals surface area contributed by atoms with E-state index < -0.39 is 24.5 Å². The summed E-state index contributed by atoms with van der Waals surface area (Å²) < 4.78 is 6.38. The number of aliphatic hydroxyl groups excluding tert-OH is 2. The molecule has 2 saturated carbocycles. The van der Waals surface area contributed by atoms with Crippen molar-refractivity contribution in [2.75, 3.05) is 31.0 Å². The summed E-state index contributed by atoms with van der Waals surface area (Å²) in [6, 6.07) is 7.35. The van der Waals surface area contributed by atoms with E-state index in [1.54, 1.807) is 0 Å². The van der Waals surface area contributed by atoms with Crippen molar-refractivity contribution < 1.29 is 14.9 Å². The number of hydrogen-bond donors (Lipinski definition) is 8. The molecule has 0 bridgehead atoms. The average Bonchev–Trinajstić information content (AvgIpc) is 3.43. The Bertz CT molecular complexity index is 1040. The van der Waals surface area contributed by atoms with E-state index in [2.05, 4.69) is 68.6 Å². The highest BCUT2D eigenvalue weighted by atomic mass is 16.6. The van der Waals surface area contributed by atoms with Gasteiger partial charge in [-0.3, -0.25) is 20.9 Å². The number of rotatable bonds is 8. The molecule has 4 heterocycles. The summed E-state index contributed by atoms with van der Waals surface area (Å²) in [6.07, 6.45) is 4.47. The summed E-state index contributed by atoms with van der Waals surface area (Å²) in [5.74, 6) is 1.50. The van der Waals surface area contributed by atoms with Crippen LogP contribution in [0.4, 0.5) is 11.4 Å². The number of likely N-dealkylation sites (N-methyl/N-ethyl adjacent to an activating group) is 1. The van der Waals surface area contributed by atoms with E-state index in [4.69, 9.17) is 10.5 Å². The lowest BCUT2D eigenvalue weighted by atomic mass is 9.76. The molecule has 9 N–H and O–H groups in total. The fraction of sp³-hybridized carbons (Fsp3) is 0.786. The summed E-state index contributed by atoms with van der Waals surface area (Å²) in [5, 5.41) is 39.3. The molecule has 5 fully saturated rings. The van der Waals surface area contributed by atoms with Crippen LogP contribution in [0.15, 0.2) is 18.2 Å². The fourth-order valence-corrected chi connectivity index (χ4v) is 7.48. The predicted octanol–water partition coefficient (Wildman–Crippen LogP) is 0.0458. The Morgan fingerprint density at radius 2 is 1.87 bits per heavy atom. The first kappa shape index (κ1) is 26.4. The molecule has 1 aromatic carbocycles. The summed E-state index contributed by atoms with van der Waals surface area (Å²) in [7, 11) is 2.14. The zero-order valence-corrected chi connectivity index (χ0v) is 23.1. The molecule has 39 heavy (non-hydrogen) atoms. The molecule has 11 nitrogen and oxygen atoms in total. The Morgan fingerprint density at radius 1 is 1.08 bits per heavy atom. The molecular formula is C28H46N8O3. The second-order valence-electron chi connectivity index (χ2n) is 12.8. The van der Waals surface area contributed by atoms with Crippen LogP contribution in [0.3, 0.4) is 0 Å². The highest BCUT2D eigenvalue weighted by Gasteiger charge is 2.53. The van der Waals surface area contributed by atoms with Gasteiger partial charge in [0.2, 0.25) is 0 Å². The van der Waals surface area contributed by atoms with E-state index in [1.165, 1.54) is 36.2 Å². The van der Waals surface area contributed by atoms with Crippen LogP contribution in [0, 0.1) is 5.92 Å². The number of ether oxygens (including phenoxy) is 1. The number of aliphatic hydroxyl groups is 2. The van der Waals surface area contributed by atoms with Gasteiger partial charge in [-0.15, -0.1) is 0 Å². The third-order valence-corrected chi connectivity index (χ3v) is 10.4. The predicted molar refractivity (Wildman–Crippen MR) is 150 cm³/mol. The summed E-state index contributed by atoms with van der Waals surface area (Å²) >= 11 is 0. The number of nitrogens with two attached hydrogens (primary N) is 1. The minimum absolute atomic E-state index is 0.00599. The first-order chi connectivity index (χ1) is 18.9. The topological polar surface area (TPSA) is 142 Å². The van der Waals surface area contributed by atoms with Crippen LogP contribution in [-0.2, 0) is 4.74 Å². The van der Waals surface area contributed by atoms with Crippen molar-refractivity contribution >= 4 is 11.4 Å². The van der Waals surface area contributed by atoms with Crippen molar-refractivity contribution in [1.29, 1.82) is 0 Å². The maximum Gasteiger partial charge on any atom is 0.142 e. The smallest absolute Gasteiger partial charge is 0.142 e. The van der Waals surface area contributed by atoms with E-state index in [1.807, 2.05) is 0 Å². The standard InChI is InChI=1S/C28H46N8O3/c1-14(25-23(37)24(38)28(39-25)36-13-32-22-26(29)30-12-31-27(22)36)35(2)18-9-15(10-18)3-8-21-33-19-7-6-17(16-4-5-16)11-20(19)34-21/h6-7,11,14-16,18,21-28,30-34,37-38H,3-5,8-10,12-13,29H2,1-2H3/t14-,15?,18?,21?,22?,23+,24-,25?,26?,27?,28-/m1/s1. The highest BCUT2D eigenvalue weighted by Crippen LogP contribution is 2.44. The molecule has 5 unspecified atom stereocenters. The molecule has 6 aliphatic rings. The molecule has 11 heteroatoms. The van der Waals surface area contributed by atoms with Crippen LogP contribution in [0.1, 0.15) is 56.9 Å². The van der Waals surface area contributed by atoms with Gasteiger partial charge in [-0.05, 0) is 82.0 Å². The van der Waals surface area contributed by atoms with Gasteiger partial charge in [0.15, 0.2) is 0 Å². The molecule has 0 spiro atoms. The lowest BCUT2D eigenvalue weighted by Gasteiger charge is -2.45. The summed E-state index contributed by atoms with van der Waals surface area (Å²) in [5.41, 5.74) is 10.2. The van der Waals surface area contributed by atoms with Gasteiger partial charge in [0, 0.05) is 18.8 Å². The van der Waals surface area contributed by atoms with Crippen LogP contribution in [0.5, 0.6) is 0 Å². The van der Waals surface area contributed by atoms with E-state index in [9.17, 15) is 10.2 Å². The van der Waals surface area contributed by atoms with Crippen LogP contribution in [-0.4, -0.2) is 102 Å². The second-order valence-corrected chi connectivity index (χ2v) is 12.8. The maximum absolute atomic E-state index is 11.0. The molecule has 4 aliphatic heterocycles. The molecule has 3 saturated heterocycles. The van der Waals surface area contributed by atoms with Gasteiger partial charge in [-0.2, -0.15) is 0 Å². The first-order valence-electron chi connectivity index (χ1n) is 15.0. The van der Waals surface area contributed by atoms with Gasteiger partial charge in [0.1, 0.15) is 24.5 Å². The fourth-order valence-electron chi connectivity index (χ4n) is 7.48. The number of fused-ring (bicyclic) bond motifs is 2. The third kappa shape index (κ3) is 4.85. The Hall–Kier alpha value is -1.54. The number of nitrogens with one attached hydrogen (secondary N) is 5. The summed E-state index contributed by atoms with van der Waals surface area (Å²) in [6.45, 7) is 3.25. The second kappa shape index (κ2) is 10.4. The van der Waals surface area contributed by atoms with E-state index in [0.29, 0.717) is 25.5 Å². The molecule has 2 aliphatic carbocycles. The van der Waals surface area contributed by atoms with Crippen molar-refractivity contribution in [1.82, 2.24) is 25.8 Å². The van der Waals surface area contributed by atoms with E-state index in [-0.39, 0.29) is 24.4 Å². The zero-order chi connectivity index (χ0) is 26.8. The van der Waals surface area contributed by atoms with Crippen molar-refractivity contribution in [3.63, 3.8) is 0 Å². The molecule has 0 aromatic heterocycles. The monoisotopic (exact) mass is 542 g/mol. The number of anilines is 2. The lowest BCUT2D eigenvalue weighted by Crippen LogP contribution is -2.68. The van der Waals surface area contributed by atoms with E-state index >= 15 is 0 Å². The number of nitrogens with zero attached hydrogens (tertiary/aromatic N) is 2. The zero-order valence-electron chi connectivity index (χ0n) is 23.1. The first-order valence-corrected chi connectivity index (χ1v) is 15.0. The lowest BCUT2D eigenvalue weighted by molar-refractivity contribution is -0.119. The average molecular weight is 543 g/mol. The molecule has 0 amide bonds. The molecule has 7 rings (SSSR count). The van der Waals surface area contributed by atoms with Gasteiger partial charge in [-0.25, -0.2) is 4.90 Å². The normalized spacial score (nSPS) is 42.5. The highest BCUT2D eigenvalue weighted by molar-refractivity contribution is 5.75. The van der Waals surface area contributed by atoms with Crippen LogP contribution in [0.2, 0.25) is 0 Å². The van der Waals surface area contributed by atoms with Crippen molar-refractivity contribution in [3.8, 4) is 0 Å². The maximum atomic E-state index is 11.0. The number of benzene rings is 1. The van der Waals surface area contributed by atoms with E-state index in [0.717, 1.165) is 31.1 Å². The summed E-state index contributed by atoms with van der Waals surface area (Å²) in [4.78, 5) is 4.41. The van der Waals surface area contributed by atoms with Crippen molar-refractivity contribution in [3.05, 3.63) is 23.8 Å². The molecule has 216 valence electrons. The number of hydrogen-bond acceptors (Lipinski definition) is 11. The van der Waals surface area contributed by atoms with Gasteiger partial charge in [-0.1, -0.05) is 6.07 Å². The minimum Gasteiger partial charge on any atom is -0.387 e. The van der Waals surface area contributed by atoms with Gasteiger partial charge in [0.25, 0.3) is 0 Å².